The van der Waals surface area contributed by atoms with Crippen molar-refractivity contribution < 1.29 is 4.79 Å². The second-order valence-electron chi connectivity index (χ2n) is 3.35. The lowest BCUT2D eigenvalue weighted by Crippen LogP contribution is -2.04. The number of ketones is 1. The van der Waals surface area contributed by atoms with Gasteiger partial charge in [0, 0.05) is 11.1 Å². The Balaban J connectivity index is 2.24. The van der Waals surface area contributed by atoms with Gasteiger partial charge in [-0.1, -0.05) is 48.6 Å². The van der Waals surface area contributed by atoms with E-state index in [4.69, 9.17) is 0 Å². The molecule has 0 saturated carbocycles. The summed E-state index contributed by atoms with van der Waals surface area (Å²) in [4.78, 5) is 11.9. The molecule has 0 aromatic heterocycles. The monoisotopic (exact) mass is 184 g/mol. The Labute approximate surface area is 83.8 Å². The molecule has 1 heteroatoms. The highest BCUT2D eigenvalue weighted by molar-refractivity contribution is 6.08. The van der Waals surface area contributed by atoms with Gasteiger partial charge in [0.15, 0.2) is 5.78 Å². The molecule has 0 spiro atoms. The molecule has 1 aromatic carbocycles. The molecule has 1 aliphatic rings. The van der Waals surface area contributed by atoms with Crippen LogP contribution in [0.2, 0.25) is 0 Å². The molecule has 1 aromatic rings. The summed E-state index contributed by atoms with van der Waals surface area (Å²) >= 11 is 0. The maximum atomic E-state index is 11.9. The van der Waals surface area contributed by atoms with Crippen LogP contribution in [0, 0.1) is 0 Å². The molecule has 0 bridgehead atoms. The van der Waals surface area contributed by atoms with Gasteiger partial charge in [-0.2, -0.15) is 0 Å². The molecule has 14 heavy (non-hydrogen) atoms. The van der Waals surface area contributed by atoms with Gasteiger partial charge in [0.2, 0.25) is 0 Å². The Hall–Kier alpha value is -1.63. The molecule has 70 valence electrons. The van der Waals surface area contributed by atoms with E-state index in [0.29, 0.717) is 0 Å². The van der Waals surface area contributed by atoms with Crippen molar-refractivity contribution in [3.05, 3.63) is 59.7 Å². The SMILES string of the molecule is O=C(C1=CC=CCC1)c1ccccc1. The number of carbonyl (C=O) groups excluding carboxylic acids is 1. The summed E-state index contributed by atoms with van der Waals surface area (Å²) in [6, 6.07) is 9.44. The quantitative estimate of drug-likeness (QED) is 0.645. The van der Waals surface area contributed by atoms with Crippen molar-refractivity contribution in [1.29, 1.82) is 0 Å². The lowest BCUT2D eigenvalue weighted by molar-refractivity contribution is 0.103. The summed E-state index contributed by atoms with van der Waals surface area (Å²) in [6.07, 6.45) is 7.80. The van der Waals surface area contributed by atoms with E-state index in [0.717, 1.165) is 24.0 Å². The van der Waals surface area contributed by atoms with Crippen molar-refractivity contribution in [2.24, 2.45) is 0 Å². The highest BCUT2D eigenvalue weighted by atomic mass is 16.1. The topological polar surface area (TPSA) is 17.1 Å². The molecule has 0 radical (unpaired) electrons. The first kappa shape index (κ1) is 8.95. The molecule has 0 fully saturated rings. The highest BCUT2D eigenvalue weighted by Gasteiger charge is 2.11. The maximum Gasteiger partial charge on any atom is 0.189 e. The van der Waals surface area contributed by atoms with Crippen LogP contribution in [0.5, 0.6) is 0 Å². The number of carbonyl (C=O) groups is 1. The van der Waals surface area contributed by atoms with Crippen LogP contribution < -0.4 is 0 Å². The molecule has 0 heterocycles. The molecular weight excluding hydrogens is 172 g/mol. The molecule has 0 atom stereocenters. The van der Waals surface area contributed by atoms with Crippen molar-refractivity contribution in [2.75, 3.05) is 0 Å². The maximum absolute atomic E-state index is 11.9. The molecular formula is C13H12O. The summed E-state index contributed by atoms with van der Waals surface area (Å²) in [6.45, 7) is 0. The van der Waals surface area contributed by atoms with E-state index in [1.807, 2.05) is 42.5 Å². The molecule has 0 aliphatic heterocycles. The number of benzene rings is 1. The standard InChI is InChI=1S/C13H12O/c14-13(11-7-3-1-4-8-11)12-9-5-2-6-10-12/h1-5,7-9H,6,10H2. The van der Waals surface area contributed by atoms with Crippen molar-refractivity contribution >= 4 is 5.78 Å². The normalized spacial score (nSPS) is 15.0. The number of hydrogen-bond acceptors (Lipinski definition) is 1. The Bertz CT molecular complexity index is 385. The first-order valence-corrected chi connectivity index (χ1v) is 4.83. The van der Waals surface area contributed by atoms with Gasteiger partial charge < -0.3 is 0 Å². The van der Waals surface area contributed by atoms with E-state index in [1.165, 1.54) is 0 Å². The van der Waals surface area contributed by atoms with E-state index in [9.17, 15) is 4.79 Å². The summed E-state index contributed by atoms with van der Waals surface area (Å²) in [5.41, 5.74) is 1.70. The predicted octanol–water partition coefficient (Wildman–Crippen LogP) is 3.15. The zero-order valence-corrected chi connectivity index (χ0v) is 7.94. The van der Waals surface area contributed by atoms with Crippen LogP contribution in [-0.4, -0.2) is 5.78 Å². The van der Waals surface area contributed by atoms with Gasteiger partial charge in [0.1, 0.15) is 0 Å². The lowest BCUT2D eigenvalue weighted by Gasteiger charge is -2.07. The average molecular weight is 184 g/mol. The van der Waals surface area contributed by atoms with Gasteiger partial charge in [-0.15, -0.1) is 0 Å². The van der Waals surface area contributed by atoms with Gasteiger partial charge in [-0.05, 0) is 12.8 Å². The van der Waals surface area contributed by atoms with Crippen LogP contribution in [0.4, 0.5) is 0 Å². The van der Waals surface area contributed by atoms with Crippen LogP contribution >= 0.6 is 0 Å². The van der Waals surface area contributed by atoms with Gasteiger partial charge in [0.05, 0.1) is 0 Å². The molecule has 0 unspecified atom stereocenters. The average Bonchev–Trinajstić information content (AvgIpc) is 2.30. The second kappa shape index (κ2) is 4.05. The fourth-order valence-corrected chi connectivity index (χ4v) is 1.57. The van der Waals surface area contributed by atoms with E-state index < -0.39 is 0 Å². The smallest absolute Gasteiger partial charge is 0.189 e. The third-order valence-corrected chi connectivity index (χ3v) is 2.34. The zero-order valence-electron chi connectivity index (χ0n) is 7.94. The minimum absolute atomic E-state index is 0.162. The first-order valence-electron chi connectivity index (χ1n) is 4.83. The van der Waals surface area contributed by atoms with Crippen molar-refractivity contribution in [1.82, 2.24) is 0 Å². The van der Waals surface area contributed by atoms with Gasteiger partial charge in [-0.25, -0.2) is 0 Å². The molecule has 0 amide bonds. The van der Waals surface area contributed by atoms with Crippen molar-refractivity contribution in [3.8, 4) is 0 Å². The fourth-order valence-electron chi connectivity index (χ4n) is 1.57. The van der Waals surface area contributed by atoms with Crippen LogP contribution in [-0.2, 0) is 0 Å². The van der Waals surface area contributed by atoms with Gasteiger partial charge >= 0.3 is 0 Å². The molecule has 1 nitrogen and oxygen atoms in total. The van der Waals surface area contributed by atoms with Gasteiger partial charge in [-0.3, -0.25) is 4.79 Å². The summed E-state index contributed by atoms with van der Waals surface area (Å²) < 4.78 is 0. The summed E-state index contributed by atoms with van der Waals surface area (Å²) in [5.74, 6) is 0.162. The Morgan fingerprint density at radius 3 is 2.57 bits per heavy atom. The predicted molar refractivity (Wildman–Crippen MR) is 57.2 cm³/mol. The second-order valence-corrected chi connectivity index (χ2v) is 3.35. The Kier molecular flexibility index (Phi) is 2.59. The summed E-state index contributed by atoms with van der Waals surface area (Å²) in [7, 11) is 0. The van der Waals surface area contributed by atoms with Crippen molar-refractivity contribution in [2.45, 2.75) is 12.8 Å². The van der Waals surface area contributed by atoms with Crippen LogP contribution in [0.15, 0.2) is 54.1 Å². The largest absolute Gasteiger partial charge is 0.289 e. The third kappa shape index (κ3) is 1.82. The van der Waals surface area contributed by atoms with Crippen molar-refractivity contribution in [3.63, 3.8) is 0 Å². The van der Waals surface area contributed by atoms with E-state index in [-0.39, 0.29) is 5.78 Å². The minimum Gasteiger partial charge on any atom is -0.289 e. The zero-order chi connectivity index (χ0) is 9.80. The number of allylic oxidation sites excluding steroid dienone is 4. The van der Waals surface area contributed by atoms with Gasteiger partial charge in [0.25, 0.3) is 0 Å². The lowest BCUT2D eigenvalue weighted by atomic mass is 9.96. The third-order valence-electron chi connectivity index (χ3n) is 2.34. The van der Waals surface area contributed by atoms with E-state index in [2.05, 4.69) is 6.08 Å². The summed E-state index contributed by atoms with van der Waals surface area (Å²) in [5, 5.41) is 0. The van der Waals surface area contributed by atoms with Crippen LogP contribution in [0.3, 0.4) is 0 Å². The number of rotatable bonds is 2. The number of Topliss-reactive ketones (excluding diaryl/α,β-unsaturated/α-hetero) is 1. The Morgan fingerprint density at radius 2 is 1.93 bits per heavy atom. The van der Waals surface area contributed by atoms with Crippen LogP contribution in [0.1, 0.15) is 23.2 Å². The molecule has 2 rings (SSSR count). The fraction of sp³-hybridized carbons (Fsp3) is 0.154. The molecule has 0 N–H and O–H groups in total. The number of hydrogen-bond donors (Lipinski definition) is 0. The van der Waals surface area contributed by atoms with E-state index >= 15 is 0 Å². The van der Waals surface area contributed by atoms with E-state index in [1.54, 1.807) is 0 Å². The van der Waals surface area contributed by atoms with Crippen LogP contribution in [0.25, 0.3) is 0 Å². The highest BCUT2D eigenvalue weighted by Crippen LogP contribution is 2.16. The molecule has 0 saturated heterocycles. The molecule has 1 aliphatic carbocycles. The first-order chi connectivity index (χ1) is 6.88. The Morgan fingerprint density at radius 1 is 1.14 bits per heavy atom. The minimum atomic E-state index is 0.162.